The summed E-state index contributed by atoms with van der Waals surface area (Å²) in [7, 11) is 0. The van der Waals surface area contributed by atoms with E-state index in [2.05, 4.69) is 10.2 Å². The minimum Gasteiger partial charge on any atom is -0.392 e. The number of anilines is 1. The predicted octanol–water partition coefficient (Wildman–Crippen LogP) is 3.04. The topological polar surface area (TPSA) is 52.6 Å². The van der Waals surface area contributed by atoms with Crippen molar-refractivity contribution in [1.82, 2.24) is 5.32 Å². The van der Waals surface area contributed by atoms with Crippen LogP contribution in [-0.2, 0) is 11.4 Å². The van der Waals surface area contributed by atoms with Gasteiger partial charge in [0.05, 0.1) is 6.61 Å². The fraction of sp³-hybridized carbons (Fsp3) is 0.316. The van der Waals surface area contributed by atoms with E-state index in [9.17, 15) is 9.18 Å². The number of thiophene rings is 1. The first-order valence-electron chi connectivity index (χ1n) is 8.29. The number of aliphatic hydroxyl groups excluding tert-OH is 1. The van der Waals surface area contributed by atoms with Gasteiger partial charge in [0.1, 0.15) is 5.82 Å². The molecule has 4 nitrogen and oxygen atoms in total. The van der Waals surface area contributed by atoms with Crippen LogP contribution in [0.25, 0.3) is 6.08 Å². The zero-order valence-electron chi connectivity index (χ0n) is 13.8. The van der Waals surface area contributed by atoms with Crippen LogP contribution >= 0.6 is 11.3 Å². The fourth-order valence-electron chi connectivity index (χ4n) is 2.91. The summed E-state index contributed by atoms with van der Waals surface area (Å²) in [5, 5.41) is 13.8. The minimum atomic E-state index is -0.226. The number of aliphatic hydroxyl groups is 1. The summed E-state index contributed by atoms with van der Waals surface area (Å²) in [6, 6.07) is 8.40. The molecule has 0 bridgehead atoms. The average molecular weight is 360 g/mol. The van der Waals surface area contributed by atoms with Gasteiger partial charge in [0.25, 0.3) is 0 Å². The van der Waals surface area contributed by atoms with Crippen molar-refractivity contribution in [2.45, 2.75) is 13.0 Å². The lowest BCUT2D eigenvalue weighted by molar-refractivity contribution is -0.116. The summed E-state index contributed by atoms with van der Waals surface area (Å²) < 4.78 is 13.0. The maximum Gasteiger partial charge on any atom is 0.244 e. The van der Waals surface area contributed by atoms with Crippen LogP contribution in [0.4, 0.5) is 10.1 Å². The molecule has 2 aromatic rings. The highest BCUT2D eigenvalue weighted by molar-refractivity contribution is 7.11. The molecule has 1 unspecified atom stereocenters. The first kappa shape index (κ1) is 17.6. The van der Waals surface area contributed by atoms with Crippen LogP contribution in [0.5, 0.6) is 0 Å². The highest BCUT2D eigenvalue weighted by Crippen LogP contribution is 2.23. The summed E-state index contributed by atoms with van der Waals surface area (Å²) in [4.78, 5) is 15.1. The summed E-state index contributed by atoms with van der Waals surface area (Å²) in [5.74, 6) is 0.0553. The van der Waals surface area contributed by atoms with Crippen molar-refractivity contribution in [3.63, 3.8) is 0 Å². The standard InChI is InChI=1S/C19H21FN2O2S/c20-16-1-3-17(4-2-16)22-8-7-14(11-22)10-21-19(24)6-5-18-9-15(12-23)13-25-18/h1-6,9,13-14,23H,7-8,10-12H2,(H,21,24). The summed E-state index contributed by atoms with van der Waals surface area (Å²) in [5.41, 5.74) is 1.88. The number of amides is 1. The summed E-state index contributed by atoms with van der Waals surface area (Å²) in [6.07, 6.45) is 4.30. The second-order valence-electron chi connectivity index (χ2n) is 6.17. The molecule has 0 aliphatic carbocycles. The molecule has 2 N–H and O–H groups in total. The molecule has 25 heavy (non-hydrogen) atoms. The number of halogens is 1. The molecule has 1 amide bonds. The third-order valence-corrected chi connectivity index (χ3v) is 5.24. The van der Waals surface area contributed by atoms with Gasteiger partial charge in [-0.15, -0.1) is 11.3 Å². The van der Waals surface area contributed by atoms with E-state index in [-0.39, 0.29) is 18.3 Å². The maximum atomic E-state index is 13.0. The molecule has 1 atom stereocenters. The van der Waals surface area contributed by atoms with Gasteiger partial charge in [-0.05, 0) is 59.7 Å². The molecule has 0 saturated carbocycles. The van der Waals surface area contributed by atoms with Crippen molar-refractivity contribution in [2.24, 2.45) is 5.92 Å². The second kappa shape index (κ2) is 8.27. The largest absolute Gasteiger partial charge is 0.392 e. The molecule has 1 aliphatic heterocycles. The highest BCUT2D eigenvalue weighted by Gasteiger charge is 2.22. The molecular formula is C19H21FN2O2S. The SMILES string of the molecule is O=C(C=Cc1cc(CO)cs1)NCC1CCN(c2ccc(F)cc2)C1. The van der Waals surface area contributed by atoms with Crippen LogP contribution < -0.4 is 10.2 Å². The van der Waals surface area contributed by atoms with E-state index in [1.807, 2.05) is 11.4 Å². The number of nitrogens with one attached hydrogen (secondary N) is 1. The Morgan fingerprint density at radius 3 is 2.92 bits per heavy atom. The molecule has 2 heterocycles. The highest BCUT2D eigenvalue weighted by atomic mass is 32.1. The number of carbonyl (C=O) groups excluding carboxylic acids is 1. The lowest BCUT2D eigenvalue weighted by atomic mass is 10.1. The molecule has 3 rings (SSSR count). The van der Waals surface area contributed by atoms with Gasteiger partial charge in [-0.2, -0.15) is 0 Å². The number of hydrogen-bond donors (Lipinski definition) is 2. The molecule has 1 aliphatic rings. The van der Waals surface area contributed by atoms with E-state index in [1.165, 1.54) is 29.5 Å². The van der Waals surface area contributed by atoms with Crippen molar-refractivity contribution in [1.29, 1.82) is 0 Å². The molecule has 132 valence electrons. The molecule has 1 saturated heterocycles. The van der Waals surface area contributed by atoms with Crippen LogP contribution in [0.15, 0.2) is 41.8 Å². The van der Waals surface area contributed by atoms with Crippen molar-refractivity contribution in [2.75, 3.05) is 24.5 Å². The first-order valence-corrected chi connectivity index (χ1v) is 9.16. The summed E-state index contributed by atoms with van der Waals surface area (Å²) in [6.45, 7) is 2.43. The van der Waals surface area contributed by atoms with Gasteiger partial charge in [0, 0.05) is 36.3 Å². The molecule has 1 aromatic carbocycles. The van der Waals surface area contributed by atoms with Gasteiger partial charge >= 0.3 is 0 Å². The van der Waals surface area contributed by atoms with Gasteiger partial charge in [-0.25, -0.2) is 4.39 Å². The van der Waals surface area contributed by atoms with E-state index in [1.54, 1.807) is 18.2 Å². The number of nitrogens with zero attached hydrogens (tertiary/aromatic N) is 1. The monoisotopic (exact) mass is 360 g/mol. The number of carbonyl (C=O) groups is 1. The smallest absolute Gasteiger partial charge is 0.244 e. The van der Waals surface area contributed by atoms with Crippen molar-refractivity contribution in [3.05, 3.63) is 58.0 Å². The quantitative estimate of drug-likeness (QED) is 0.779. The predicted molar refractivity (Wildman–Crippen MR) is 99.0 cm³/mol. The third-order valence-electron chi connectivity index (χ3n) is 4.30. The molecule has 6 heteroatoms. The van der Waals surface area contributed by atoms with Gasteiger partial charge in [-0.1, -0.05) is 0 Å². The fourth-order valence-corrected chi connectivity index (χ4v) is 3.71. The van der Waals surface area contributed by atoms with E-state index >= 15 is 0 Å². The Hall–Kier alpha value is -2.18. The van der Waals surface area contributed by atoms with E-state index < -0.39 is 0 Å². The van der Waals surface area contributed by atoms with Crippen molar-refractivity contribution >= 4 is 29.0 Å². The van der Waals surface area contributed by atoms with Gasteiger partial charge < -0.3 is 15.3 Å². The Kier molecular flexibility index (Phi) is 5.83. The molecular weight excluding hydrogens is 339 g/mol. The zero-order chi connectivity index (χ0) is 17.6. The van der Waals surface area contributed by atoms with Gasteiger partial charge in [0.2, 0.25) is 5.91 Å². The van der Waals surface area contributed by atoms with Crippen LogP contribution in [-0.4, -0.2) is 30.6 Å². The number of hydrogen-bond acceptors (Lipinski definition) is 4. The normalized spacial score (nSPS) is 17.4. The van der Waals surface area contributed by atoms with E-state index in [0.717, 1.165) is 35.6 Å². The van der Waals surface area contributed by atoms with Crippen LogP contribution in [0.3, 0.4) is 0 Å². The van der Waals surface area contributed by atoms with Crippen molar-refractivity contribution < 1.29 is 14.3 Å². The second-order valence-corrected chi connectivity index (χ2v) is 7.11. The number of rotatable bonds is 6. The first-order chi connectivity index (χ1) is 12.1. The van der Waals surface area contributed by atoms with Crippen LogP contribution in [0.2, 0.25) is 0 Å². The molecule has 0 radical (unpaired) electrons. The third kappa shape index (κ3) is 4.90. The van der Waals surface area contributed by atoms with Crippen molar-refractivity contribution in [3.8, 4) is 0 Å². The lowest BCUT2D eigenvalue weighted by Crippen LogP contribution is -2.29. The zero-order valence-corrected chi connectivity index (χ0v) is 14.6. The number of benzene rings is 1. The molecule has 1 fully saturated rings. The average Bonchev–Trinajstić information content (AvgIpc) is 3.28. The Bertz CT molecular complexity index is 742. The minimum absolute atomic E-state index is 0.0166. The Labute approximate surface area is 150 Å². The Morgan fingerprint density at radius 1 is 1.40 bits per heavy atom. The van der Waals surface area contributed by atoms with Gasteiger partial charge in [-0.3, -0.25) is 4.79 Å². The van der Waals surface area contributed by atoms with E-state index in [0.29, 0.717) is 12.5 Å². The Balaban J connectivity index is 1.44. The van der Waals surface area contributed by atoms with Gasteiger partial charge in [0.15, 0.2) is 0 Å². The molecule has 1 aromatic heterocycles. The Morgan fingerprint density at radius 2 is 2.20 bits per heavy atom. The van der Waals surface area contributed by atoms with E-state index in [4.69, 9.17) is 5.11 Å². The van der Waals surface area contributed by atoms with Crippen LogP contribution in [0, 0.1) is 11.7 Å². The van der Waals surface area contributed by atoms with Crippen LogP contribution in [0.1, 0.15) is 16.9 Å². The maximum absolute atomic E-state index is 13.0. The lowest BCUT2D eigenvalue weighted by Gasteiger charge is -2.18. The summed E-state index contributed by atoms with van der Waals surface area (Å²) >= 11 is 1.50. The molecule has 0 spiro atoms.